The molecular weight excluding hydrogens is 365 g/mol. The first-order valence-corrected chi connectivity index (χ1v) is 7.76. The van der Waals surface area contributed by atoms with E-state index in [0.29, 0.717) is 22.6 Å². The molecule has 0 aromatic heterocycles. The van der Waals surface area contributed by atoms with Gasteiger partial charge in [-0.3, -0.25) is 0 Å². The fourth-order valence-electron chi connectivity index (χ4n) is 1.51. The number of nitrogens with one attached hydrogen (secondary N) is 1. The van der Waals surface area contributed by atoms with Crippen LogP contribution in [0.3, 0.4) is 0 Å². The molecule has 1 aromatic carbocycles. The Morgan fingerprint density at radius 2 is 2.15 bits per heavy atom. The summed E-state index contributed by atoms with van der Waals surface area (Å²) < 4.78 is 11.8. The molecule has 0 saturated heterocycles. The van der Waals surface area contributed by atoms with Crippen LogP contribution in [0.2, 0.25) is 0 Å². The van der Waals surface area contributed by atoms with Gasteiger partial charge in [0.05, 0.1) is 16.6 Å². The van der Waals surface area contributed by atoms with E-state index >= 15 is 0 Å². The van der Waals surface area contributed by atoms with Crippen LogP contribution in [-0.2, 0) is 6.54 Å². The van der Waals surface area contributed by atoms with Gasteiger partial charge in [0.25, 0.3) is 0 Å². The second-order valence-electron chi connectivity index (χ2n) is 4.49. The zero-order chi connectivity index (χ0) is 15.1. The predicted octanol–water partition coefficient (Wildman–Crippen LogP) is 4.65. The van der Waals surface area contributed by atoms with Gasteiger partial charge < -0.3 is 14.8 Å². The molecule has 0 fully saturated rings. The Morgan fingerprint density at radius 3 is 2.70 bits per heavy atom. The topological polar surface area (TPSA) is 30.5 Å². The standard InChI is InChI=1S/C14H18BrCl2NO2/c1-9(2)18-7-10-4-12(15)14(13(5-10)19-3)20-8-11(17)6-16/h4-6,9,18H,7-8H2,1-3H3/b11-6-. The van der Waals surface area contributed by atoms with Crippen molar-refractivity contribution in [2.24, 2.45) is 0 Å². The van der Waals surface area contributed by atoms with Gasteiger partial charge in [0.2, 0.25) is 0 Å². The van der Waals surface area contributed by atoms with E-state index in [1.807, 2.05) is 12.1 Å². The highest BCUT2D eigenvalue weighted by Gasteiger charge is 2.12. The number of rotatable bonds is 7. The Hall–Kier alpha value is -0.420. The summed E-state index contributed by atoms with van der Waals surface area (Å²) in [5.41, 5.74) is 2.39. The summed E-state index contributed by atoms with van der Waals surface area (Å²) in [4.78, 5) is 0. The fraction of sp³-hybridized carbons (Fsp3) is 0.429. The van der Waals surface area contributed by atoms with Gasteiger partial charge in [-0.05, 0) is 33.6 Å². The van der Waals surface area contributed by atoms with Crippen LogP contribution in [0.1, 0.15) is 19.4 Å². The van der Waals surface area contributed by atoms with Gasteiger partial charge in [-0.15, -0.1) is 0 Å². The summed E-state index contributed by atoms with van der Waals surface area (Å²) in [6, 6.07) is 4.35. The average Bonchev–Trinajstić information content (AvgIpc) is 2.42. The van der Waals surface area contributed by atoms with Crippen molar-refractivity contribution in [1.82, 2.24) is 5.32 Å². The third kappa shape index (κ3) is 5.52. The van der Waals surface area contributed by atoms with Crippen LogP contribution in [-0.4, -0.2) is 19.8 Å². The monoisotopic (exact) mass is 381 g/mol. The Balaban J connectivity index is 2.90. The van der Waals surface area contributed by atoms with Crippen LogP contribution in [0.4, 0.5) is 0 Å². The van der Waals surface area contributed by atoms with Gasteiger partial charge in [0.15, 0.2) is 11.5 Å². The molecule has 0 atom stereocenters. The van der Waals surface area contributed by atoms with E-state index < -0.39 is 0 Å². The lowest BCUT2D eigenvalue weighted by Crippen LogP contribution is -2.21. The lowest BCUT2D eigenvalue weighted by molar-refractivity contribution is 0.321. The SMILES string of the molecule is COc1cc(CNC(C)C)cc(Br)c1OC/C(Cl)=C/Cl. The highest BCUT2D eigenvalue weighted by atomic mass is 79.9. The second-order valence-corrected chi connectivity index (χ2v) is 6.05. The minimum absolute atomic E-state index is 0.198. The van der Waals surface area contributed by atoms with Crippen molar-refractivity contribution in [1.29, 1.82) is 0 Å². The summed E-state index contributed by atoms with van der Waals surface area (Å²) in [6.07, 6.45) is 0. The van der Waals surface area contributed by atoms with E-state index in [9.17, 15) is 0 Å². The highest BCUT2D eigenvalue weighted by molar-refractivity contribution is 9.10. The Morgan fingerprint density at radius 1 is 1.45 bits per heavy atom. The fourth-order valence-corrected chi connectivity index (χ4v) is 2.23. The first-order valence-electron chi connectivity index (χ1n) is 6.15. The zero-order valence-corrected chi connectivity index (χ0v) is 14.8. The number of ether oxygens (including phenoxy) is 2. The number of halogens is 3. The van der Waals surface area contributed by atoms with Crippen molar-refractivity contribution >= 4 is 39.1 Å². The summed E-state index contributed by atoms with van der Waals surface area (Å²) in [7, 11) is 1.60. The Labute approximate surface area is 138 Å². The highest BCUT2D eigenvalue weighted by Crippen LogP contribution is 2.37. The van der Waals surface area contributed by atoms with E-state index in [1.165, 1.54) is 5.54 Å². The lowest BCUT2D eigenvalue weighted by atomic mass is 10.2. The van der Waals surface area contributed by atoms with Gasteiger partial charge in [-0.25, -0.2) is 0 Å². The van der Waals surface area contributed by atoms with Crippen LogP contribution in [0.25, 0.3) is 0 Å². The third-order valence-electron chi connectivity index (χ3n) is 2.48. The molecule has 0 radical (unpaired) electrons. The van der Waals surface area contributed by atoms with E-state index in [2.05, 4.69) is 35.1 Å². The van der Waals surface area contributed by atoms with Crippen molar-refractivity contribution in [3.05, 3.63) is 32.7 Å². The minimum atomic E-state index is 0.198. The molecule has 0 amide bonds. The van der Waals surface area contributed by atoms with Crippen molar-refractivity contribution in [2.75, 3.05) is 13.7 Å². The molecule has 6 heteroatoms. The maximum atomic E-state index is 5.82. The molecule has 0 heterocycles. The third-order valence-corrected chi connectivity index (χ3v) is 3.66. The molecule has 20 heavy (non-hydrogen) atoms. The molecular formula is C14H18BrCl2NO2. The normalized spacial score (nSPS) is 11.8. The van der Waals surface area contributed by atoms with Crippen LogP contribution >= 0.6 is 39.1 Å². The molecule has 0 unspecified atom stereocenters. The van der Waals surface area contributed by atoms with E-state index in [1.54, 1.807) is 7.11 Å². The van der Waals surface area contributed by atoms with Crippen LogP contribution in [0.5, 0.6) is 11.5 Å². The number of benzene rings is 1. The molecule has 0 aliphatic rings. The molecule has 0 spiro atoms. The average molecular weight is 383 g/mol. The molecule has 0 aliphatic carbocycles. The van der Waals surface area contributed by atoms with Gasteiger partial charge in [0.1, 0.15) is 6.61 Å². The molecule has 112 valence electrons. The lowest BCUT2D eigenvalue weighted by Gasteiger charge is -2.15. The zero-order valence-electron chi connectivity index (χ0n) is 11.7. The predicted molar refractivity (Wildman–Crippen MR) is 88.0 cm³/mol. The minimum Gasteiger partial charge on any atom is -0.493 e. The molecule has 1 rings (SSSR count). The molecule has 0 bridgehead atoms. The molecule has 1 N–H and O–H groups in total. The summed E-state index contributed by atoms with van der Waals surface area (Å²) in [5, 5.41) is 3.78. The van der Waals surface area contributed by atoms with Gasteiger partial charge >= 0.3 is 0 Å². The quantitative estimate of drug-likeness (QED) is 0.744. The first-order chi connectivity index (χ1) is 9.47. The van der Waals surface area contributed by atoms with Crippen molar-refractivity contribution in [3.8, 4) is 11.5 Å². The first kappa shape index (κ1) is 17.6. The number of methoxy groups -OCH3 is 1. The Bertz CT molecular complexity index is 478. The molecule has 0 saturated carbocycles. The van der Waals surface area contributed by atoms with Crippen LogP contribution < -0.4 is 14.8 Å². The Kier molecular flexibility index (Phi) is 7.74. The second kappa shape index (κ2) is 8.78. The smallest absolute Gasteiger partial charge is 0.175 e. The molecule has 3 nitrogen and oxygen atoms in total. The van der Waals surface area contributed by atoms with Crippen LogP contribution in [0.15, 0.2) is 27.2 Å². The van der Waals surface area contributed by atoms with E-state index in [0.717, 1.165) is 16.6 Å². The van der Waals surface area contributed by atoms with Gasteiger partial charge in [-0.2, -0.15) is 0 Å². The maximum absolute atomic E-state index is 5.82. The maximum Gasteiger partial charge on any atom is 0.175 e. The van der Waals surface area contributed by atoms with Crippen molar-refractivity contribution < 1.29 is 9.47 Å². The largest absolute Gasteiger partial charge is 0.493 e. The summed E-state index contributed by atoms with van der Waals surface area (Å²) in [6.45, 7) is 5.16. The number of hydrogen-bond donors (Lipinski definition) is 1. The molecule has 1 aromatic rings. The molecule has 0 aliphatic heterocycles. The van der Waals surface area contributed by atoms with E-state index in [-0.39, 0.29) is 6.61 Å². The van der Waals surface area contributed by atoms with Crippen molar-refractivity contribution in [2.45, 2.75) is 26.4 Å². The summed E-state index contributed by atoms with van der Waals surface area (Å²) >= 11 is 14.8. The van der Waals surface area contributed by atoms with Crippen molar-refractivity contribution in [3.63, 3.8) is 0 Å². The summed E-state index contributed by atoms with van der Waals surface area (Å²) in [5.74, 6) is 1.26. The number of hydrogen-bond acceptors (Lipinski definition) is 3. The van der Waals surface area contributed by atoms with Gasteiger partial charge in [-0.1, -0.05) is 37.0 Å². The van der Waals surface area contributed by atoms with E-state index in [4.69, 9.17) is 32.7 Å². The van der Waals surface area contributed by atoms with Gasteiger partial charge in [0, 0.05) is 18.1 Å². The van der Waals surface area contributed by atoms with Crippen LogP contribution in [0, 0.1) is 0 Å².